The number of hydrogen-bond acceptors (Lipinski definition) is 7. The van der Waals surface area contributed by atoms with E-state index < -0.39 is 18.2 Å². The Kier molecular flexibility index (Phi) is 7.90. The van der Waals surface area contributed by atoms with E-state index in [1.807, 2.05) is 13.0 Å². The van der Waals surface area contributed by atoms with E-state index in [0.717, 1.165) is 5.56 Å². The van der Waals surface area contributed by atoms with Crippen LogP contribution in [0.5, 0.6) is 5.75 Å². The summed E-state index contributed by atoms with van der Waals surface area (Å²) in [6.45, 7) is 2.57. The molecule has 4 rings (SSSR count). The first-order valence-electron chi connectivity index (χ1n) is 11.7. The molecule has 1 amide bonds. The third-order valence-electron chi connectivity index (χ3n) is 5.70. The number of fused-ring (bicyclic) bond motifs is 1. The molecule has 0 unspecified atom stereocenters. The zero-order chi connectivity index (χ0) is 26.4. The molecule has 0 atom stereocenters. The van der Waals surface area contributed by atoms with Crippen LogP contribution >= 0.6 is 0 Å². The first-order chi connectivity index (χ1) is 18.0. The SMILES string of the molecule is CCc1cc(Nc2nccn3c(-c4ccc(OCC#N)c(F)c4F)cnc23)ccc1C(=O)NCCCN. The topological polar surface area (TPSA) is 130 Å². The number of ether oxygens (including phenoxy) is 1. The normalized spacial score (nSPS) is 10.8. The highest BCUT2D eigenvalue weighted by molar-refractivity contribution is 5.96. The molecule has 0 fully saturated rings. The number of amides is 1. The Bertz CT molecular complexity index is 1480. The minimum atomic E-state index is -1.19. The van der Waals surface area contributed by atoms with Gasteiger partial charge in [0.25, 0.3) is 5.91 Å². The molecule has 0 radical (unpaired) electrons. The van der Waals surface area contributed by atoms with E-state index in [4.69, 9.17) is 15.7 Å². The van der Waals surface area contributed by atoms with Gasteiger partial charge in [-0.25, -0.2) is 14.4 Å². The lowest BCUT2D eigenvalue weighted by Crippen LogP contribution is -2.26. The molecule has 0 saturated carbocycles. The predicted octanol–water partition coefficient (Wildman–Crippen LogP) is 3.96. The molecule has 2 heterocycles. The van der Waals surface area contributed by atoms with Crippen LogP contribution in [0.3, 0.4) is 0 Å². The van der Waals surface area contributed by atoms with E-state index in [-0.39, 0.29) is 17.2 Å². The lowest BCUT2D eigenvalue weighted by molar-refractivity contribution is 0.0952. The fourth-order valence-electron chi connectivity index (χ4n) is 3.88. The molecule has 2 aromatic carbocycles. The van der Waals surface area contributed by atoms with Gasteiger partial charge in [0.2, 0.25) is 5.82 Å². The summed E-state index contributed by atoms with van der Waals surface area (Å²) in [6, 6.07) is 9.72. The fraction of sp³-hybridized carbons (Fsp3) is 0.231. The van der Waals surface area contributed by atoms with Gasteiger partial charge >= 0.3 is 0 Å². The summed E-state index contributed by atoms with van der Waals surface area (Å²) in [5.41, 5.74) is 8.29. The van der Waals surface area contributed by atoms with Crippen molar-refractivity contribution in [2.45, 2.75) is 19.8 Å². The van der Waals surface area contributed by atoms with Crippen LogP contribution in [0.2, 0.25) is 0 Å². The number of nitrogens with zero attached hydrogens (tertiary/aromatic N) is 4. The highest BCUT2D eigenvalue weighted by atomic mass is 19.2. The smallest absolute Gasteiger partial charge is 0.251 e. The number of carbonyl (C=O) groups excluding carboxylic acids is 1. The number of rotatable bonds is 10. The second-order valence-electron chi connectivity index (χ2n) is 8.05. The van der Waals surface area contributed by atoms with Gasteiger partial charge in [0.15, 0.2) is 29.6 Å². The maximum atomic E-state index is 14.9. The average Bonchev–Trinajstić information content (AvgIpc) is 3.34. The second-order valence-corrected chi connectivity index (χ2v) is 8.05. The summed E-state index contributed by atoms with van der Waals surface area (Å²) in [5.74, 6) is -2.41. The zero-order valence-electron chi connectivity index (χ0n) is 20.1. The summed E-state index contributed by atoms with van der Waals surface area (Å²) in [4.78, 5) is 21.2. The van der Waals surface area contributed by atoms with Crippen molar-refractivity contribution in [1.82, 2.24) is 19.7 Å². The molecule has 190 valence electrons. The van der Waals surface area contributed by atoms with E-state index >= 15 is 0 Å². The van der Waals surface area contributed by atoms with Crippen molar-refractivity contribution >= 4 is 23.1 Å². The van der Waals surface area contributed by atoms with Crippen LogP contribution in [0.15, 0.2) is 48.9 Å². The Labute approximate surface area is 211 Å². The summed E-state index contributed by atoms with van der Waals surface area (Å²) in [7, 11) is 0. The van der Waals surface area contributed by atoms with Gasteiger partial charge in [0.05, 0.1) is 11.9 Å². The monoisotopic (exact) mass is 505 g/mol. The third-order valence-corrected chi connectivity index (χ3v) is 5.70. The van der Waals surface area contributed by atoms with E-state index in [0.29, 0.717) is 54.3 Å². The molecular weight excluding hydrogens is 480 g/mol. The van der Waals surface area contributed by atoms with Crippen LogP contribution in [-0.2, 0) is 6.42 Å². The molecule has 0 aliphatic heterocycles. The number of nitriles is 1. The number of benzene rings is 2. The molecule has 0 saturated heterocycles. The predicted molar refractivity (Wildman–Crippen MR) is 135 cm³/mol. The molecule has 0 bridgehead atoms. The van der Waals surface area contributed by atoms with Gasteiger partial charge in [-0.2, -0.15) is 9.65 Å². The summed E-state index contributed by atoms with van der Waals surface area (Å²) in [6.07, 6.45) is 5.86. The van der Waals surface area contributed by atoms with Crippen molar-refractivity contribution in [1.29, 1.82) is 5.26 Å². The highest BCUT2D eigenvalue weighted by Gasteiger charge is 2.20. The lowest BCUT2D eigenvalue weighted by atomic mass is 10.0. The standard InChI is InChI=1S/C26H25F2N7O2/c1-2-16-14-17(4-5-18(16)26(36)32-10-3-8-29)34-24-25-33-15-20(35(25)12-11-31-24)19-6-7-21(37-13-9-30)23(28)22(19)27/h4-7,11-12,14-15H,2-3,8,10,13,29H2,1H3,(H,31,34)(H,32,36). The number of nitrogens with two attached hydrogens (primary N) is 1. The number of hydrogen-bond donors (Lipinski definition) is 3. The van der Waals surface area contributed by atoms with Crippen LogP contribution in [0.4, 0.5) is 20.3 Å². The van der Waals surface area contributed by atoms with E-state index in [1.165, 1.54) is 24.5 Å². The first kappa shape index (κ1) is 25.5. The van der Waals surface area contributed by atoms with Gasteiger partial charge in [-0.15, -0.1) is 0 Å². The minimum absolute atomic E-state index is 0.0234. The number of aryl methyl sites for hydroxylation is 1. The molecule has 0 spiro atoms. The number of carbonyl (C=O) groups is 1. The largest absolute Gasteiger partial charge is 0.476 e. The van der Waals surface area contributed by atoms with Crippen LogP contribution < -0.4 is 21.1 Å². The van der Waals surface area contributed by atoms with E-state index in [9.17, 15) is 13.6 Å². The average molecular weight is 506 g/mol. The molecule has 9 nitrogen and oxygen atoms in total. The summed E-state index contributed by atoms with van der Waals surface area (Å²) < 4.78 is 35.9. The molecule has 4 aromatic rings. The van der Waals surface area contributed by atoms with Crippen molar-refractivity contribution in [2.75, 3.05) is 25.0 Å². The fourth-order valence-corrected chi connectivity index (χ4v) is 3.88. The van der Waals surface area contributed by atoms with Crippen LogP contribution in [0.25, 0.3) is 16.9 Å². The van der Waals surface area contributed by atoms with Gasteiger partial charge in [-0.1, -0.05) is 6.92 Å². The number of anilines is 2. The number of nitrogens with one attached hydrogen (secondary N) is 2. The maximum absolute atomic E-state index is 14.9. The van der Waals surface area contributed by atoms with Gasteiger partial charge in [-0.05, 0) is 55.3 Å². The van der Waals surface area contributed by atoms with E-state index in [1.54, 1.807) is 28.8 Å². The van der Waals surface area contributed by atoms with Gasteiger partial charge in [0.1, 0.15) is 6.07 Å². The molecule has 11 heteroatoms. The van der Waals surface area contributed by atoms with Crippen LogP contribution in [-0.4, -0.2) is 40.0 Å². The molecular formula is C26H25F2N7O2. The number of imidazole rings is 1. The summed E-state index contributed by atoms with van der Waals surface area (Å²) in [5, 5.41) is 14.7. The first-order valence-corrected chi connectivity index (χ1v) is 11.7. The van der Waals surface area contributed by atoms with Crippen molar-refractivity contribution in [3.8, 4) is 23.1 Å². The van der Waals surface area contributed by atoms with Crippen LogP contribution in [0, 0.1) is 23.0 Å². The van der Waals surface area contributed by atoms with Gasteiger partial charge in [0, 0.05) is 35.8 Å². The minimum Gasteiger partial charge on any atom is -0.476 e. The van der Waals surface area contributed by atoms with Gasteiger partial charge in [-0.3, -0.25) is 9.20 Å². The Morgan fingerprint density at radius 3 is 2.81 bits per heavy atom. The Morgan fingerprint density at radius 2 is 2.05 bits per heavy atom. The van der Waals surface area contributed by atoms with E-state index in [2.05, 4.69) is 20.6 Å². The van der Waals surface area contributed by atoms with Gasteiger partial charge < -0.3 is 21.1 Å². The highest BCUT2D eigenvalue weighted by Crippen LogP contribution is 2.32. The third kappa shape index (κ3) is 5.34. The quantitative estimate of drug-likeness (QED) is 0.278. The number of aromatic nitrogens is 3. The zero-order valence-corrected chi connectivity index (χ0v) is 20.1. The van der Waals surface area contributed by atoms with Crippen LogP contribution in [0.1, 0.15) is 29.3 Å². The maximum Gasteiger partial charge on any atom is 0.251 e. The Hall–Kier alpha value is -4.56. The molecule has 0 aliphatic rings. The summed E-state index contributed by atoms with van der Waals surface area (Å²) >= 11 is 0. The molecule has 4 N–H and O–H groups in total. The van der Waals surface area contributed by atoms with Crippen molar-refractivity contribution < 1.29 is 18.3 Å². The van der Waals surface area contributed by atoms with Crippen molar-refractivity contribution in [3.05, 3.63) is 71.7 Å². The number of halogens is 2. The molecule has 0 aliphatic carbocycles. The molecule has 2 aromatic heterocycles. The Morgan fingerprint density at radius 1 is 1.22 bits per heavy atom. The van der Waals surface area contributed by atoms with Crippen molar-refractivity contribution in [3.63, 3.8) is 0 Å². The second kappa shape index (κ2) is 11.5. The van der Waals surface area contributed by atoms with Crippen molar-refractivity contribution in [2.24, 2.45) is 5.73 Å². The Balaban J connectivity index is 1.63. The lowest BCUT2D eigenvalue weighted by Gasteiger charge is -2.13. The molecule has 37 heavy (non-hydrogen) atoms.